The normalized spacial score (nSPS) is 10.1. The van der Waals surface area contributed by atoms with Gasteiger partial charge in [-0.15, -0.1) is 0 Å². The van der Waals surface area contributed by atoms with Gasteiger partial charge < -0.3 is 0 Å². The van der Waals surface area contributed by atoms with Gasteiger partial charge in [0.25, 0.3) is 5.69 Å². The van der Waals surface area contributed by atoms with Crippen LogP contribution in [0.4, 0.5) is 5.69 Å². The highest BCUT2D eigenvalue weighted by Gasteiger charge is 2.12. The summed E-state index contributed by atoms with van der Waals surface area (Å²) in [6.45, 7) is 0. The maximum absolute atomic E-state index is 11.9. The van der Waals surface area contributed by atoms with E-state index in [-0.39, 0.29) is 17.2 Å². The van der Waals surface area contributed by atoms with Crippen molar-refractivity contribution in [2.75, 3.05) is 5.75 Å². The van der Waals surface area contributed by atoms with Gasteiger partial charge in [-0.1, -0.05) is 23.9 Å². The molecule has 0 fully saturated rings. The Morgan fingerprint density at radius 3 is 2.68 bits per heavy atom. The van der Waals surface area contributed by atoms with E-state index in [1.54, 1.807) is 24.5 Å². The minimum atomic E-state index is -0.524. The standard InChI is InChI=1S/C12H9N3O3S/c16-11(8-19-12-13-5-2-6-14-12)9-3-1-4-10(7-9)15(17)18/h1-7H,8H2. The number of nitro benzene ring substituents is 1. The van der Waals surface area contributed by atoms with Gasteiger partial charge in [0.1, 0.15) is 0 Å². The molecule has 0 atom stereocenters. The molecule has 0 bridgehead atoms. The fourth-order valence-electron chi connectivity index (χ4n) is 1.37. The summed E-state index contributed by atoms with van der Waals surface area (Å²) < 4.78 is 0. The second-order valence-electron chi connectivity index (χ2n) is 3.55. The molecule has 2 rings (SSSR count). The maximum Gasteiger partial charge on any atom is 0.270 e. The molecule has 0 aliphatic heterocycles. The Hall–Kier alpha value is -2.28. The number of hydrogen-bond acceptors (Lipinski definition) is 6. The van der Waals surface area contributed by atoms with E-state index >= 15 is 0 Å². The number of carbonyl (C=O) groups excluding carboxylic acids is 1. The summed E-state index contributed by atoms with van der Waals surface area (Å²) in [5, 5.41) is 11.1. The van der Waals surface area contributed by atoms with E-state index in [2.05, 4.69) is 9.97 Å². The van der Waals surface area contributed by atoms with E-state index in [0.29, 0.717) is 10.7 Å². The van der Waals surface area contributed by atoms with Gasteiger partial charge in [-0.2, -0.15) is 0 Å². The van der Waals surface area contributed by atoms with Gasteiger partial charge >= 0.3 is 0 Å². The van der Waals surface area contributed by atoms with E-state index in [4.69, 9.17) is 0 Å². The number of ketones is 1. The largest absolute Gasteiger partial charge is 0.293 e. The van der Waals surface area contributed by atoms with Crippen molar-refractivity contribution in [2.45, 2.75) is 5.16 Å². The Bertz CT molecular complexity index is 604. The van der Waals surface area contributed by atoms with Crippen LogP contribution in [0, 0.1) is 10.1 Å². The highest BCUT2D eigenvalue weighted by atomic mass is 32.2. The molecule has 0 aliphatic carbocycles. The molecule has 0 saturated heterocycles. The predicted molar refractivity (Wildman–Crippen MR) is 70.2 cm³/mol. The van der Waals surface area contributed by atoms with Crippen molar-refractivity contribution in [1.29, 1.82) is 0 Å². The van der Waals surface area contributed by atoms with E-state index < -0.39 is 4.92 Å². The van der Waals surface area contributed by atoms with Crippen LogP contribution in [-0.2, 0) is 0 Å². The fraction of sp³-hybridized carbons (Fsp3) is 0.0833. The SMILES string of the molecule is O=C(CSc1ncccn1)c1cccc([N+](=O)[O-])c1. The second-order valence-corrected chi connectivity index (χ2v) is 4.49. The third-order valence-electron chi connectivity index (χ3n) is 2.25. The van der Waals surface area contributed by atoms with Crippen LogP contribution >= 0.6 is 11.8 Å². The first-order valence-electron chi connectivity index (χ1n) is 5.34. The molecular weight excluding hydrogens is 266 g/mol. The molecule has 0 aliphatic rings. The first kappa shape index (κ1) is 13.2. The summed E-state index contributed by atoms with van der Waals surface area (Å²) in [5.74, 6) is -0.0493. The monoisotopic (exact) mass is 275 g/mol. The summed E-state index contributed by atoms with van der Waals surface area (Å²) in [5.41, 5.74) is 0.226. The van der Waals surface area contributed by atoms with Crippen LogP contribution in [0.1, 0.15) is 10.4 Å². The Balaban J connectivity index is 2.04. The van der Waals surface area contributed by atoms with Gasteiger partial charge in [0.15, 0.2) is 10.9 Å². The molecule has 96 valence electrons. The number of hydrogen-bond donors (Lipinski definition) is 0. The van der Waals surface area contributed by atoms with Crippen LogP contribution in [-0.4, -0.2) is 26.4 Å². The molecule has 0 spiro atoms. The molecule has 1 heterocycles. The summed E-state index contributed by atoms with van der Waals surface area (Å²) >= 11 is 1.20. The van der Waals surface area contributed by atoms with Crippen molar-refractivity contribution in [3.63, 3.8) is 0 Å². The molecule has 0 amide bonds. The summed E-state index contributed by atoms with van der Waals surface area (Å²) in [4.78, 5) is 30.0. The first-order chi connectivity index (χ1) is 9.16. The lowest BCUT2D eigenvalue weighted by Gasteiger charge is -2.00. The zero-order valence-electron chi connectivity index (χ0n) is 9.72. The molecule has 0 N–H and O–H groups in total. The number of nitrogens with zero attached hydrogens (tertiary/aromatic N) is 3. The predicted octanol–water partition coefficient (Wildman–Crippen LogP) is 2.36. The lowest BCUT2D eigenvalue weighted by atomic mass is 10.1. The number of non-ortho nitro benzene ring substituents is 1. The van der Waals surface area contributed by atoms with Crippen molar-refractivity contribution in [3.05, 3.63) is 58.4 Å². The summed E-state index contributed by atoms with van der Waals surface area (Å²) in [6, 6.07) is 7.36. The van der Waals surface area contributed by atoms with Crippen molar-refractivity contribution in [2.24, 2.45) is 0 Å². The first-order valence-corrected chi connectivity index (χ1v) is 6.33. The van der Waals surface area contributed by atoms with Gasteiger partial charge in [-0.05, 0) is 6.07 Å². The van der Waals surface area contributed by atoms with Crippen LogP contribution in [0.3, 0.4) is 0 Å². The number of benzene rings is 1. The molecule has 0 unspecified atom stereocenters. The maximum atomic E-state index is 11.9. The lowest BCUT2D eigenvalue weighted by Crippen LogP contribution is -2.03. The van der Waals surface area contributed by atoms with Gasteiger partial charge in [-0.25, -0.2) is 9.97 Å². The molecule has 0 saturated carbocycles. The average molecular weight is 275 g/mol. The minimum Gasteiger partial charge on any atom is -0.293 e. The number of thioether (sulfide) groups is 1. The van der Waals surface area contributed by atoms with E-state index in [1.165, 1.54) is 30.0 Å². The van der Waals surface area contributed by atoms with Crippen LogP contribution < -0.4 is 0 Å². The lowest BCUT2D eigenvalue weighted by molar-refractivity contribution is -0.384. The number of rotatable bonds is 5. The molecule has 7 heteroatoms. The van der Waals surface area contributed by atoms with E-state index in [1.807, 2.05) is 0 Å². The Kier molecular flexibility index (Phi) is 4.19. The van der Waals surface area contributed by atoms with Crippen LogP contribution in [0.5, 0.6) is 0 Å². The zero-order chi connectivity index (χ0) is 13.7. The van der Waals surface area contributed by atoms with E-state index in [9.17, 15) is 14.9 Å². The average Bonchev–Trinajstić information content (AvgIpc) is 2.46. The van der Waals surface area contributed by atoms with Gasteiger partial charge in [0.05, 0.1) is 10.7 Å². The summed E-state index contributed by atoms with van der Waals surface area (Å²) in [6.07, 6.45) is 3.18. The molecule has 6 nitrogen and oxygen atoms in total. The number of carbonyl (C=O) groups is 1. The molecule has 0 radical (unpaired) electrons. The van der Waals surface area contributed by atoms with E-state index in [0.717, 1.165) is 0 Å². The highest BCUT2D eigenvalue weighted by Crippen LogP contribution is 2.17. The topological polar surface area (TPSA) is 86.0 Å². The van der Waals surface area contributed by atoms with Gasteiger partial charge in [-0.3, -0.25) is 14.9 Å². The quantitative estimate of drug-likeness (QED) is 0.274. The van der Waals surface area contributed by atoms with Gasteiger partial charge in [0, 0.05) is 30.1 Å². The van der Waals surface area contributed by atoms with Crippen LogP contribution in [0.2, 0.25) is 0 Å². The fourth-order valence-corrected chi connectivity index (χ4v) is 2.06. The van der Waals surface area contributed by atoms with Crippen molar-refractivity contribution >= 4 is 23.2 Å². The highest BCUT2D eigenvalue weighted by molar-refractivity contribution is 7.99. The third-order valence-corrected chi connectivity index (χ3v) is 3.13. The van der Waals surface area contributed by atoms with Crippen molar-refractivity contribution < 1.29 is 9.72 Å². The third kappa shape index (κ3) is 3.59. The molecule has 1 aromatic carbocycles. The van der Waals surface area contributed by atoms with Crippen molar-refractivity contribution in [3.8, 4) is 0 Å². The number of Topliss-reactive ketones (excluding diaryl/α,β-unsaturated/α-hetero) is 1. The van der Waals surface area contributed by atoms with Crippen LogP contribution in [0.25, 0.3) is 0 Å². The molecular formula is C12H9N3O3S. The molecule has 19 heavy (non-hydrogen) atoms. The zero-order valence-corrected chi connectivity index (χ0v) is 10.5. The summed E-state index contributed by atoms with van der Waals surface area (Å²) in [7, 11) is 0. The Morgan fingerprint density at radius 1 is 1.26 bits per heavy atom. The van der Waals surface area contributed by atoms with Gasteiger partial charge in [0.2, 0.25) is 0 Å². The number of nitro groups is 1. The minimum absolute atomic E-state index is 0.0909. The smallest absolute Gasteiger partial charge is 0.270 e. The van der Waals surface area contributed by atoms with Crippen LogP contribution in [0.15, 0.2) is 47.9 Å². The second kappa shape index (κ2) is 6.05. The molecule has 2 aromatic rings. The Labute approximate surface area is 113 Å². The Morgan fingerprint density at radius 2 is 2.00 bits per heavy atom. The van der Waals surface area contributed by atoms with Crippen molar-refractivity contribution in [1.82, 2.24) is 9.97 Å². The molecule has 1 aromatic heterocycles. The number of aromatic nitrogens is 2.